The van der Waals surface area contributed by atoms with E-state index in [1.54, 1.807) is 13.8 Å². The van der Waals surface area contributed by atoms with Crippen molar-refractivity contribution in [2.45, 2.75) is 26.7 Å². The lowest BCUT2D eigenvalue weighted by Crippen LogP contribution is -2.21. The van der Waals surface area contributed by atoms with E-state index < -0.39 is 0 Å². The van der Waals surface area contributed by atoms with Crippen LogP contribution in [0.5, 0.6) is 0 Å². The van der Waals surface area contributed by atoms with Crippen molar-refractivity contribution in [3.63, 3.8) is 0 Å². The van der Waals surface area contributed by atoms with Gasteiger partial charge in [-0.3, -0.25) is 9.59 Å². The first-order valence-electron chi connectivity index (χ1n) is 3.87. The summed E-state index contributed by atoms with van der Waals surface area (Å²) in [6, 6.07) is 0. The van der Waals surface area contributed by atoms with E-state index in [9.17, 15) is 9.59 Å². The molecule has 3 heteroatoms. The van der Waals surface area contributed by atoms with E-state index in [1.165, 1.54) is 0 Å². The first-order valence-corrected chi connectivity index (χ1v) is 3.87. The molecule has 0 aromatic carbocycles. The summed E-state index contributed by atoms with van der Waals surface area (Å²) in [5.74, 6) is 0.183. The molecule has 0 aromatic rings. The number of nitrogens with zero attached hydrogens (tertiary/aromatic N) is 1. The summed E-state index contributed by atoms with van der Waals surface area (Å²) in [7, 11) is 0. The van der Waals surface area contributed by atoms with Crippen LogP contribution in [0.25, 0.3) is 0 Å². The van der Waals surface area contributed by atoms with Gasteiger partial charge in [0.1, 0.15) is 11.6 Å². The maximum absolute atomic E-state index is 10.7. The molecule has 0 aliphatic heterocycles. The van der Waals surface area contributed by atoms with Gasteiger partial charge in [-0.2, -0.15) is 0 Å². The Morgan fingerprint density at radius 1 is 1.00 bits per heavy atom. The molecule has 0 atom stereocenters. The molecule has 0 N–H and O–H groups in total. The minimum Gasteiger partial charge on any atom is -0.298 e. The van der Waals surface area contributed by atoms with Crippen LogP contribution in [0.4, 0.5) is 0 Å². The fourth-order valence-electron chi connectivity index (χ4n) is 0.529. The summed E-state index contributed by atoms with van der Waals surface area (Å²) in [4.78, 5) is 21.4. The molecule has 11 heavy (non-hydrogen) atoms. The Hall–Kier alpha value is -0.700. The maximum Gasteiger partial charge on any atom is 0.148 e. The van der Waals surface area contributed by atoms with Crippen LogP contribution < -0.4 is 5.32 Å². The predicted octanol–water partition coefficient (Wildman–Crippen LogP) is 0.549. The van der Waals surface area contributed by atoms with Crippen molar-refractivity contribution >= 4 is 11.6 Å². The number of ketones is 2. The smallest absolute Gasteiger partial charge is 0.148 e. The van der Waals surface area contributed by atoms with Gasteiger partial charge in [0.15, 0.2) is 0 Å². The molecule has 63 valence electrons. The van der Waals surface area contributed by atoms with Crippen molar-refractivity contribution in [1.82, 2.24) is 5.32 Å². The van der Waals surface area contributed by atoms with Gasteiger partial charge in [-0.1, -0.05) is 13.8 Å². The standard InChI is InChI=1S/C8H14NO2/c1-3-7(10)5-9-6-8(11)4-2/h3-6H2,1-2H3. The van der Waals surface area contributed by atoms with Crippen molar-refractivity contribution < 1.29 is 9.59 Å². The maximum atomic E-state index is 10.7. The first kappa shape index (κ1) is 10.3. The normalized spacial score (nSPS) is 9.64. The van der Waals surface area contributed by atoms with Crippen LogP contribution in [0.2, 0.25) is 0 Å². The third-order valence-electron chi connectivity index (χ3n) is 1.36. The lowest BCUT2D eigenvalue weighted by atomic mass is 10.3. The fourth-order valence-corrected chi connectivity index (χ4v) is 0.529. The zero-order valence-corrected chi connectivity index (χ0v) is 7.09. The highest BCUT2D eigenvalue weighted by Gasteiger charge is 2.01. The third-order valence-corrected chi connectivity index (χ3v) is 1.36. The number of hydrogen-bond acceptors (Lipinski definition) is 2. The molecule has 0 aromatic heterocycles. The van der Waals surface area contributed by atoms with Gasteiger partial charge in [-0.15, -0.1) is 0 Å². The largest absolute Gasteiger partial charge is 0.298 e. The van der Waals surface area contributed by atoms with Gasteiger partial charge in [0, 0.05) is 12.8 Å². The second kappa shape index (κ2) is 6.04. The van der Waals surface area contributed by atoms with Gasteiger partial charge >= 0.3 is 0 Å². The van der Waals surface area contributed by atoms with E-state index >= 15 is 0 Å². The Morgan fingerprint density at radius 3 is 1.64 bits per heavy atom. The second-order valence-corrected chi connectivity index (χ2v) is 2.32. The average Bonchev–Trinajstić information content (AvgIpc) is 2.04. The highest BCUT2D eigenvalue weighted by Crippen LogP contribution is 1.81. The molecule has 0 unspecified atom stereocenters. The van der Waals surface area contributed by atoms with Gasteiger partial charge in [0.05, 0.1) is 13.1 Å². The predicted molar refractivity (Wildman–Crippen MR) is 42.5 cm³/mol. The first-order chi connectivity index (χ1) is 5.20. The lowest BCUT2D eigenvalue weighted by Gasteiger charge is -1.97. The Morgan fingerprint density at radius 2 is 1.36 bits per heavy atom. The second-order valence-electron chi connectivity index (χ2n) is 2.32. The fraction of sp³-hybridized carbons (Fsp3) is 0.750. The molecule has 0 heterocycles. The summed E-state index contributed by atoms with van der Waals surface area (Å²) < 4.78 is 0. The summed E-state index contributed by atoms with van der Waals surface area (Å²) in [5.41, 5.74) is 0. The Balaban J connectivity index is 3.27. The molecular formula is C8H14NO2. The van der Waals surface area contributed by atoms with Crippen molar-refractivity contribution in [2.75, 3.05) is 13.1 Å². The molecule has 0 rings (SSSR count). The van der Waals surface area contributed by atoms with E-state index in [0.29, 0.717) is 12.8 Å². The molecule has 0 aliphatic rings. The molecule has 0 saturated carbocycles. The Bertz CT molecular complexity index is 127. The van der Waals surface area contributed by atoms with Gasteiger partial charge in [-0.25, -0.2) is 5.32 Å². The summed E-state index contributed by atoms with van der Waals surface area (Å²) in [6.07, 6.45) is 1.01. The van der Waals surface area contributed by atoms with Crippen molar-refractivity contribution in [2.24, 2.45) is 0 Å². The van der Waals surface area contributed by atoms with Crippen molar-refractivity contribution in [3.05, 3.63) is 0 Å². The molecule has 0 spiro atoms. The minimum absolute atomic E-state index is 0.0916. The molecular weight excluding hydrogens is 142 g/mol. The molecule has 0 aliphatic carbocycles. The van der Waals surface area contributed by atoms with Gasteiger partial charge in [0.2, 0.25) is 0 Å². The number of rotatable bonds is 6. The monoisotopic (exact) mass is 156 g/mol. The summed E-state index contributed by atoms with van der Waals surface area (Å²) >= 11 is 0. The van der Waals surface area contributed by atoms with E-state index in [0.717, 1.165) is 0 Å². The molecule has 0 amide bonds. The SMILES string of the molecule is CCC(=O)C[N]CC(=O)CC. The number of hydrogen-bond donors (Lipinski definition) is 0. The summed E-state index contributed by atoms with van der Waals surface area (Å²) in [6.45, 7) is 3.98. The van der Waals surface area contributed by atoms with Gasteiger partial charge < -0.3 is 0 Å². The van der Waals surface area contributed by atoms with Crippen LogP contribution in [0, 0.1) is 0 Å². The van der Waals surface area contributed by atoms with E-state index in [2.05, 4.69) is 5.32 Å². The average molecular weight is 156 g/mol. The highest BCUT2D eigenvalue weighted by molar-refractivity contribution is 5.82. The van der Waals surface area contributed by atoms with Crippen LogP contribution in [-0.4, -0.2) is 24.7 Å². The quantitative estimate of drug-likeness (QED) is 0.563. The topological polar surface area (TPSA) is 48.2 Å². The van der Waals surface area contributed by atoms with E-state index in [4.69, 9.17) is 0 Å². The van der Waals surface area contributed by atoms with Crippen LogP contribution >= 0.6 is 0 Å². The molecule has 1 radical (unpaired) electrons. The summed E-state index contributed by atoms with van der Waals surface area (Å²) in [5, 5.41) is 3.81. The van der Waals surface area contributed by atoms with E-state index in [1.807, 2.05) is 0 Å². The molecule has 0 saturated heterocycles. The van der Waals surface area contributed by atoms with Crippen molar-refractivity contribution in [3.8, 4) is 0 Å². The molecule has 0 fully saturated rings. The van der Waals surface area contributed by atoms with Crippen LogP contribution in [-0.2, 0) is 9.59 Å². The highest BCUT2D eigenvalue weighted by atomic mass is 16.1. The zero-order chi connectivity index (χ0) is 8.69. The van der Waals surface area contributed by atoms with Crippen LogP contribution in [0.1, 0.15) is 26.7 Å². The third kappa shape index (κ3) is 5.73. The Labute approximate surface area is 67.2 Å². The van der Waals surface area contributed by atoms with Crippen LogP contribution in [0.3, 0.4) is 0 Å². The van der Waals surface area contributed by atoms with E-state index in [-0.39, 0.29) is 24.7 Å². The van der Waals surface area contributed by atoms with Crippen LogP contribution in [0.15, 0.2) is 0 Å². The van der Waals surface area contributed by atoms with Gasteiger partial charge in [0.25, 0.3) is 0 Å². The number of carbonyl (C=O) groups is 2. The number of Topliss-reactive ketones (excluding diaryl/α,β-unsaturated/α-hetero) is 2. The molecule has 0 bridgehead atoms. The van der Waals surface area contributed by atoms with Gasteiger partial charge in [-0.05, 0) is 0 Å². The Kier molecular flexibility index (Phi) is 5.65. The van der Waals surface area contributed by atoms with Crippen molar-refractivity contribution in [1.29, 1.82) is 0 Å². The molecule has 3 nitrogen and oxygen atoms in total. The lowest BCUT2D eigenvalue weighted by molar-refractivity contribution is -0.119. The number of carbonyl (C=O) groups excluding carboxylic acids is 2. The zero-order valence-electron chi connectivity index (χ0n) is 7.09. The minimum atomic E-state index is 0.0916.